The van der Waals surface area contributed by atoms with Crippen molar-refractivity contribution in [2.45, 2.75) is 26.7 Å². The Kier molecular flexibility index (Phi) is 2.52. The van der Waals surface area contributed by atoms with E-state index in [4.69, 9.17) is 0 Å². The molecule has 0 atom stereocenters. The molecule has 0 N–H and O–H groups in total. The molecule has 0 spiro atoms. The minimum Gasteiger partial charge on any atom is -0.242 e. The van der Waals surface area contributed by atoms with E-state index in [1.165, 1.54) is 12.8 Å². The molecule has 0 aromatic rings. The van der Waals surface area contributed by atoms with Crippen LogP contribution in [0.5, 0.6) is 0 Å². The second-order valence-electron chi connectivity index (χ2n) is 3.25. The van der Waals surface area contributed by atoms with Crippen LogP contribution in [0.25, 0.3) is 0 Å². The molecule has 1 aliphatic rings. The first-order valence-electron chi connectivity index (χ1n) is 3.94. The summed E-state index contributed by atoms with van der Waals surface area (Å²) in [6.45, 7) is 6.86. The Bertz CT molecular complexity index is 72.6. The summed E-state index contributed by atoms with van der Waals surface area (Å²) in [5.41, 5.74) is 0. The molecule has 0 bridgehead atoms. The van der Waals surface area contributed by atoms with Gasteiger partial charge in [0.2, 0.25) is 0 Å². The van der Waals surface area contributed by atoms with Gasteiger partial charge in [0.15, 0.2) is 0 Å². The fourth-order valence-electron chi connectivity index (χ4n) is 1.44. The summed E-state index contributed by atoms with van der Waals surface area (Å²) >= 11 is 0. The van der Waals surface area contributed by atoms with Crippen molar-refractivity contribution in [3.63, 3.8) is 0 Å². The minimum absolute atomic E-state index is 0.875. The third-order valence-electron chi connectivity index (χ3n) is 2.26. The highest BCUT2D eigenvalue weighted by atomic mass is 14.9. The van der Waals surface area contributed by atoms with Crippen LogP contribution in [0.4, 0.5) is 0 Å². The summed E-state index contributed by atoms with van der Waals surface area (Å²) < 4.78 is 0. The molecule has 1 rings (SSSR count). The molecule has 1 saturated heterocycles. The van der Waals surface area contributed by atoms with E-state index < -0.39 is 0 Å². The van der Waals surface area contributed by atoms with Gasteiger partial charge >= 0.3 is 0 Å². The van der Waals surface area contributed by atoms with Gasteiger partial charge in [-0.05, 0) is 24.7 Å². The van der Waals surface area contributed by atoms with Crippen molar-refractivity contribution in [2.24, 2.45) is 11.8 Å². The second kappa shape index (κ2) is 3.21. The van der Waals surface area contributed by atoms with Crippen LogP contribution in [0.3, 0.4) is 0 Å². The fourth-order valence-corrected chi connectivity index (χ4v) is 1.44. The van der Waals surface area contributed by atoms with Gasteiger partial charge in [-0.15, -0.1) is 0 Å². The molecular formula is C8H16N. The van der Waals surface area contributed by atoms with Gasteiger partial charge in [-0.25, -0.2) is 5.32 Å². The zero-order valence-corrected chi connectivity index (χ0v) is 6.43. The van der Waals surface area contributed by atoms with Crippen LogP contribution in [0, 0.1) is 11.8 Å². The molecule has 1 nitrogen and oxygen atoms in total. The number of hydrogen-bond donors (Lipinski definition) is 0. The Morgan fingerprint density at radius 3 is 2.11 bits per heavy atom. The first kappa shape index (κ1) is 7.07. The normalized spacial score (nSPS) is 23.0. The lowest BCUT2D eigenvalue weighted by atomic mass is 9.87. The molecule has 1 heterocycles. The van der Waals surface area contributed by atoms with E-state index in [2.05, 4.69) is 19.2 Å². The van der Waals surface area contributed by atoms with E-state index in [9.17, 15) is 0 Å². The molecule has 53 valence electrons. The Morgan fingerprint density at radius 1 is 1.22 bits per heavy atom. The predicted molar refractivity (Wildman–Crippen MR) is 39.4 cm³/mol. The third kappa shape index (κ3) is 1.98. The monoisotopic (exact) mass is 126 g/mol. The fraction of sp³-hybridized carbons (Fsp3) is 1.00. The quantitative estimate of drug-likeness (QED) is 0.507. The first-order valence-corrected chi connectivity index (χ1v) is 3.94. The van der Waals surface area contributed by atoms with E-state index in [1.54, 1.807) is 0 Å². The summed E-state index contributed by atoms with van der Waals surface area (Å²) in [6.07, 6.45) is 2.66. The van der Waals surface area contributed by atoms with Crippen LogP contribution in [0.1, 0.15) is 26.7 Å². The van der Waals surface area contributed by atoms with Gasteiger partial charge in [0.05, 0.1) is 0 Å². The topological polar surface area (TPSA) is 14.1 Å². The highest BCUT2D eigenvalue weighted by Crippen LogP contribution is 2.20. The van der Waals surface area contributed by atoms with Crippen LogP contribution in [-0.4, -0.2) is 13.1 Å². The van der Waals surface area contributed by atoms with E-state index >= 15 is 0 Å². The number of nitrogens with zero attached hydrogens (tertiary/aromatic N) is 1. The van der Waals surface area contributed by atoms with Crippen molar-refractivity contribution in [1.82, 2.24) is 5.32 Å². The summed E-state index contributed by atoms with van der Waals surface area (Å²) in [7, 11) is 0. The average molecular weight is 126 g/mol. The van der Waals surface area contributed by atoms with Crippen LogP contribution >= 0.6 is 0 Å². The molecule has 1 radical (unpaired) electrons. The molecule has 9 heavy (non-hydrogen) atoms. The zero-order chi connectivity index (χ0) is 6.69. The molecule has 0 aromatic carbocycles. The molecule has 1 fully saturated rings. The Labute approximate surface area is 57.8 Å². The van der Waals surface area contributed by atoms with E-state index in [1.807, 2.05) is 0 Å². The van der Waals surface area contributed by atoms with Gasteiger partial charge < -0.3 is 0 Å². The van der Waals surface area contributed by atoms with Gasteiger partial charge in [-0.3, -0.25) is 0 Å². The van der Waals surface area contributed by atoms with Crippen molar-refractivity contribution in [3.05, 3.63) is 0 Å². The van der Waals surface area contributed by atoms with Gasteiger partial charge in [0.1, 0.15) is 0 Å². The summed E-state index contributed by atoms with van der Waals surface area (Å²) in [5, 5.41) is 4.31. The largest absolute Gasteiger partial charge is 0.242 e. The third-order valence-corrected chi connectivity index (χ3v) is 2.26. The minimum atomic E-state index is 0.875. The maximum Gasteiger partial charge on any atom is 0.0136 e. The van der Waals surface area contributed by atoms with Crippen LogP contribution < -0.4 is 5.32 Å². The lowest BCUT2D eigenvalue weighted by Gasteiger charge is -2.24. The van der Waals surface area contributed by atoms with E-state index in [0.717, 1.165) is 24.9 Å². The Morgan fingerprint density at radius 2 is 1.78 bits per heavy atom. The predicted octanol–water partition coefficient (Wildman–Crippen LogP) is 1.66. The SMILES string of the molecule is CC(C)C1CC[N]CC1. The number of hydrogen-bond acceptors (Lipinski definition) is 0. The molecule has 1 aliphatic heterocycles. The zero-order valence-electron chi connectivity index (χ0n) is 6.43. The standard InChI is InChI=1S/C8H16N/c1-7(2)8-3-5-9-6-4-8/h7-8H,3-6H2,1-2H3. The van der Waals surface area contributed by atoms with Gasteiger partial charge in [0, 0.05) is 13.1 Å². The van der Waals surface area contributed by atoms with Crippen molar-refractivity contribution < 1.29 is 0 Å². The van der Waals surface area contributed by atoms with Gasteiger partial charge in [-0.2, -0.15) is 0 Å². The van der Waals surface area contributed by atoms with Gasteiger partial charge in [0.25, 0.3) is 0 Å². The molecule has 0 saturated carbocycles. The summed E-state index contributed by atoms with van der Waals surface area (Å²) in [5.74, 6) is 1.84. The van der Waals surface area contributed by atoms with Crippen molar-refractivity contribution in [2.75, 3.05) is 13.1 Å². The van der Waals surface area contributed by atoms with Crippen LogP contribution in [0.2, 0.25) is 0 Å². The second-order valence-corrected chi connectivity index (χ2v) is 3.25. The summed E-state index contributed by atoms with van der Waals surface area (Å²) in [4.78, 5) is 0. The maximum absolute atomic E-state index is 4.31. The number of piperidine rings is 1. The molecule has 0 unspecified atom stereocenters. The van der Waals surface area contributed by atoms with Crippen molar-refractivity contribution in [1.29, 1.82) is 0 Å². The van der Waals surface area contributed by atoms with Crippen molar-refractivity contribution in [3.8, 4) is 0 Å². The molecule has 0 amide bonds. The first-order chi connectivity index (χ1) is 4.30. The number of rotatable bonds is 1. The van der Waals surface area contributed by atoms with Crippen LogP contribution in [0.15, 0.2) is 0 Å². The average Bonchev–Trinajstić information content (AvgIpc) is 1.90. The molecule has 1 heteroatoms. The van der Waals surface area contributed by atoms with Crippen molar-refractivity contribution >= 4 is 0 Å². The Hall–Kier alpha value is -0.0400. The lowest BCUT2D eigenvalue weighted by molar-refractivity contribution is 0.289. The summed E-state index contributed by atoms with van der Waals surface area (Å²) in [6, 6.07) is 0. The smallest absolute Gasteiger partial charge is 0.0136 e. The highest BCUT2D eigenvalue weighted by Gasteiger charge is 2.15. The highest BCUT2D eigenvalue weighted by molar-refractivity contribution is 4.70. The molecular weight excluding hydrogens is 110 g/mol. The lowest BCUT2D eigenvalue weighted by Crippen LogP contribution is -2.25. The van der Waals surface area contributed by atoms with E-state index in [0.29, 0.717) is 0 Å². The van der Waals surface area contributed by atoms with Crippen LogP contribution in [-0.2, 0) is 0 Å². The van der Waals surface area contributed by atoms with E-state index in [-0.39, 0.29) is 0 Å². The maximum atomic E-state index is 4.31. The molecule has 0 aliphatic carbocycles. The Balaban J connectivity index is 2.23. The molecule has 0 aromatic heterocycles. The van der Waals surface area contributed by atoms with Gasteiger partial charge in [-0.1, -0.05) is 13.8 Å².